The van der Waals surface area contributed by atoms with Crippen LogP contribution >= 0.6 is 11.6 Å². The lowest BCUT2D eigenvalue weighted by atomic mass is 9.94. The fourth-order valence-corrected chi connectivity index (χ4v) is 1.88. The van der Waals surface area contributed by atoms with Crippen molar-refractivity contribution in [1.29, 1.82) is 0 Å². The second-order valence-electron chi connectivity index (χ2n) is 6.16. The summed E-state index contributed by atoms with van der Waals surface area (Å²) in [5, 5.41) is 12.9. The van der Waals surface area contributed by atoms with Crippen molar-refractivity contribution in [3.05, 3.63) is 17.0 Å². The molecule has 0 spiro atoms. The van der Waals surface area contributed by atoms with E-state index >= 15 is 0 Å². The van der Waals surface area contributed by atoms with Crippen LogP contribution in [0.4, 0.5) is 5.82 Å². The number of aliphatic hydroxyl groups excluding tert-OH is 1. The van der Waals surface area contributed by atoms with E-state index in [4.69, 9.17) is 16.7 Å². The minimum Gasteiger partial charge on any atom is -0.396 e. The Morgan fingerprint density at radius 3 is 2.37 bits per heavy atom. The molecule has 108 valence electrons. The first kappa shape index (κ1) is 16.2. The van der Waals surface area contributed by atoms with E-state index in [1.54, 1.807) is 6.07 Å². The Hall–Kier alpha value is -0.870. The van der Waals surface area contributed by atoms with Gasteiger partial charge in [0, 0.05) is 23.6 Å². The molecule has 1 unspecified atom stereocenters. The van der Waals surface area contributed by atoms with Crippen molar-refractivity contribution in [2.24, 2.45) is 0 Å². The summed E-state index contributed by atoms with van der Waals surface area (Å²) in [6, 6.07) is 1.72. The van der Waals surface area contributed by atoms with Gasteiger partial charge in [0.15, 0.2) is 0 Å². The maximum absolute atomic E-state index is 9.15. The van der Waals surface area contributed by atoms with Crippen LogP contribution in [-0.4, -0.2) is 27.2 Å². The molecule has 0 aromatic carbocycles. The number of hydrogen-bond acceptors (Lipinski definition) is 4. The molecule has 1 atom stereocenters. The van der Waals surface area contributed by atoms with Crippen LogP contribution in [-0.2, 0) is 5.41 Å². The van der Waals surface area contributed by atoms with Crippen LogP contribution in [0.1, 0.15) is 53.3 Å². The standard InChI is InChI=1S/C14H24ClN3O/c1-6-14(5,7-8-19)18-11-9-10(15)16-12(17-11)13(2,3)4/h9,19H,6-8H2,1-5H3,(H,16,17,18). The van der Waals surface area contributed by atoms with Gasteiger partial charge in [-0.2, -0.15) is 0 Å². The molecule has 1 rings (SSSR count). The quantitative estimate of drug-likeness (QED) is 0.814. The van der Waals surface area contributed by atoms with Crippen molar-refractivity contribution in [3.8, 4) is 0 Å². The molecule has 2 N–H and O–H groups in total. The van der Waals surface area contributed by atoms with E-state index in [1.165, 1.54) is 0 Å². The zero-order chi connectivity index (χ0) is 14.7. The molecule has 19 heavy (non-hydrogen) atoms. The summed E-state index contributed by atoms with van der Waals surface area (Å²) in [7, 11) is 0. The number of aliphatic hydroxyl groups is 1. The summed E-state index contributed by atoms with van der Waals surface area (Å²) in [5.41, 5.74) is -0.345. The van der Waals surface area contributed by atoms with Crippen LogP contribution in [0.3, 0.4) is 0 Å². The minimum absolute atomic E-state index is 0.141. The highest BCUT2D eigenvalue weighted by Crippen LogP contribution is 2.25. The van der Waals surface area contributed by atoms with Crippen molar-refractivity contribution >= 4 is 17.4 Å². The average Bonchev–Trinajstić information content (AvgIpc) is 2.27. The molecule has 5 heteroatoms. The first-order chi connectivity index (χ1) is 8.70. The Morgan fingerprint density at radius 2 is 1.89 bits per heavy atom. The zero-order valence-corrected chi connectivity index (χ0v) is 13.2. The average molecular weight is 286 g/mol. The topological polar surface area (TPSA) is 58.0 Å². The Balaban J connectivity index is 3.04. The van der Waals surface area contributed by atoms with Gasteiger partial charge in [-0.05, 0) is 19.8 Å². The maximum Gasteiger partial charge on any atom is 0.137 e. The highest BCUT2D eigenvalue weighted by atomic mass is 35.5. The number of halogens is 1. The summed E-state index contributed by atoms with van der Waals surface area (Å²) in [6.45, 7) is 10.4. The Labute approximate surface area is 120 Å². The van der Waals surface area contributed by atoms with Gasteiger partial charge in [0.25, 0.3) is 0 Å². The molecule has 0 amide bonds. The SMILES string of the molecule is CCC(C)(CCO)Nc1cc(Cl)nc(C(C)(C)C)n1. The first-order valence-electron chi connectivity index (χ1n) is 6.64. The van der Waals surface area contributed by atoms with E-state index in [-0.39, 0.29) is 17.6 Å². The molecule has 0 saturated heterocycles. The van der Waals surface area contributed by atoms with Crippen molar-refractivity contribution in [1.82, 2.24) is 9.97 Å². The van der Waals surface area contributed by atoms with Gasteiger partial charge in [-0.3, -0.25) is 0 Å². The number of rotatable bonds is 5. The van der Waals surface area contributed by atoms with Gasteiger partial charge in [-0.15, -0.1) is 0 Å². The second kappa shape index (κ2) is 6.06. The first-order valence-corrected chi connectivity index (χ1v) is 7.02. The molecule has 0 aliphatic heterocycles. The lowest BCUT2D eigenvalue weighted by Crippen LogP contribution is -2.35. The van der Waals surface area contributed by atoms with Gasteiger partial charge in [-0.25, -0.2) is 9.97 Å². The normalized spacial score (nSPS) is 15.1. The number of nitrogens with one attached hydrogen (secondary N) is 1. The fraction of sp³-hybridized carbons (Fsp3) is 0.714. The number of anilines is 1. The smallest absolute Gasteiger partial charge is 0.137 e. The molecule has 1 aromatic rings. The second-order valence-corrected chi connectivity index (χ2v) is 6.55. The molecule has 1 aromatic heterocycles. The van der Waals surface area contributed by atoms with Crippen LogP contribution < -0.4 is 5.32 Å². The van der Waals surface area contributed by atoms with Crippen molar-refractivity contribution in [3.63, 3.8) is 0 Å². The van der Waals surface area contributed by atoms with Crippen molar-refractivity contribution in [2.75, 3.05) is 11.9 Å². The van der Waals surface area contributed by atoms with E-state index in [0.29, 0.717) is 23.2 Å². The highest BCUT2D eigenvalue weighted by molar-refractivity contribution is 6.29. The van der Waals surface area contributed by atoms with Crippen LogP contribution in [0.15, 0.2) is 6.07 Å². The minimum atomic E-state index is -0.193. The van der Waals surface area contributed by atoms with Gasteiger partial charge in [-0.1, -0.05) is 39.3 Å². The van der Waals surface area contributed by atoms with Crippen LogP contribution in [0.25, 0.3) is 0 Å². The predicted molar refractivity (Wildman–Crippen MR) is 79.8 cm³/mol. The Bertz CT molecular complexity index is 431. The summed E-state index contributed by atoms with van der Waals surface area (Å²) in [4.78, 5) is 8.80. The summed E-state index contributed by atoms with van der Waals surface area (Å²) in [6.07, 6.45) is 1.55. The maximum atomic E-state index is 9.15. The largest absolute Gasteiger partial charge is 0.396 e. The molecule has 4 nitrogen and oxygen atoms in total. The zero-order valence-electron chi connectivity index (χ0n) is 12.4. The molecule has 1 heterocycles. The van der Waals surface area contributed by atoms with Crippen LogP contribution in [0.2, 0.25) is 5.15 Å². The highest BCUT2D eigenvalue weighted by Gasteiger charge is 2.24. The van der Waals surface area contributed by atoms with Gasteiger partial charge in [0.1, 0.15) is 16.8 Å². The van der Waals surface area contributed by atoms with Gasteiger partial charge >= 0.3 is 0 Å². The van der Waals surface area contributed by atoms with Gasteiger partial charge < -0.3 is 10.4 Å². The van der Waals surface area contributed by atoms with Crippen LogP contribution in [0, 0.1) is 0 Å². The molecule has 0 aliphatic rings. The van der Waals surface area contributed by atoms with E-state index in [1.807, 2.05) is 0 Å². The molecule has 0 aliphatic carbocycles. The van der Waals surface area contributed by atoms with Crippen molar-refractivity contribution in [2.45, 2.75) is 58.4 Å². The molecule has 0 saturated carbocycles. The monoisotopic (exact) mass is 285 g/mol. The van der Waals surface area contributed by atoms with Gasteiger partial charge in [0.05, 0.1) is 0 Å². The number of aromatic nitrogens is 2. The lowest BCUT2D eigenvalue weighted by molar-refractivity contribution is 0.251. The third kappa shape index (κ3) is 4.62. The number of nitrogens with zero attached hydrogens (tertiary/aromatic N) is 2. The molecular weight excluding hydrogens is 262 g/mol. The third-order valence-electron chi connectivity index (χ3n) is 3.24. The molecular formula is C14H24ClN3O. The Morgan fingerprint density at radius 1 is 1.26 bits per heavy atom. The van der Waals surface area contributed by atoms with E-state index in [0.717, 1.165) is 6.42 Å². The van der Waals surface area contributed by atoms with Gasteiger partial charge in [0.2, 0.25) is 0 Å². The van der Waals surface area contributed by atoms with Crippen molar-refractivity contribution < 1.29 is 5.11 Å². The predicted octanol–water partition coefficient (Wildman–Crippen LogP) is 3.39. The van der Waals surface area contributed by atoms with E-state index in [2.05, 4.69) is 49.9 Å². The van der Waals surface area contributed by atoms with Crippen LogP contribution in [0.5, 0.6) is 0 Å². The number of hydrogen-bond donors (Lipinski definition) is 2. The molecule has 0 fully saturated rings. The summed E-state index contributed by atoms with van der Waals surface area (Å²) >= 11 is 6.06. The Kier molecular flexibility index (Phi) is 5.16. The summed E-state index contributed by atoms with van der Waals surface area (Å²) < 4.78 is 0. The molecule has 0 radical (unpaired) electrons. The third-order valence-corrected chi connectivity index (χ3v) is 3.43. The fourth-order valence-electron chi connectivity index (χ4n) is 1.70. The summed E-state index contributed by atoms with van der Waals surface area (Å²) in [5.74, 6) is 1.42. The van der Waals surface area contributed by atoms with E-state index < -0.39 is 0 Å². The molecule has 0 bridgehead atoms. The lowest BCUT2D eigenvalue weighted by Gasteiger charge is -2.30. The van der Waals surface area contributed by atoms with E-state index in [9.17, 15) is 0 Å².